The molecule has 0 N–H and O–H groups in total. The molecule has 0 aliphatic carbocycles. The number of aromatic nitrogens is 1. The van der Waals surface area contributed by atoms with Crippen molar-refractivity contribution < 1.29 is 14.0 Å². The van der Waals surface area contributed by atoms with Crippen LogP contribution in [0.25, 0.3) is 0 Å². The summed E-state index contributed by atoms with van der Waals surface area (Å²) in [7, 11) is 0. The molecule has 0 atom stereocenters. The van der Waals surface area contributed by atoms with Crippen molar-refractivity contribution in [3.63, 3.8) is 0 Å². The lowest BCUT2D eigenvalue weighted by molar-refractivity contribution is -0.114. The number of carbonyl (C=O) groups is 2. The highest BCUT2D eigenvalue weighted by Crippen LogP contribution is 2.31. The number of Topliss-reactive ketones (excluding diaryl/α,β-unsaturated/α-hetero) is 1. The average Bonchev–Trinajstić information content (AvgIpc) is 2.66. The van der Waals surface area contributed by atoms with Gasteiger partial charge in [0.25, 0.3) is 11.7 Å². The quantitative estimate of drug-likeness (QED) is 0.631. The van der Waals surface area contributed by atoms with Crippen LogP contribution in [-0.2, 0) is 11.3 Å². The van der Waals surface area contributed by atoms with E-state index < -0.39 is 17.5 Å². The van der Waals surface area contributed by atoms with E-state index in [1.54, 1.807) is 12.1 Å². The molecular weight excluding hydrogens is 283 g/mol. The number of nitrogens with zero attached hydrogens (tertiary/aromatic N) is 2. The molecule has 0 unspecified atom stereocenters. The third kappa shape index (κ3) is 1.96. The van der Waals surface area contributed by atoms with Crippen molar-refractivity contribution >= 4 is 29.0 Å². The lowest BCUT2D eigenvalue weighted by Gasteiger charge is -2.16. The summed E-state index contributed by atoms with van der Waals surface area (Å²) >= 11 is 5.94. The highest BCUT2D eigenvalue weighted by atomic mass is 35.5. The van der Waals surface area contributed by atoms with Crippen LogP contribution in [0, 0.1) is 5.82 Å². The average molecular weight is 291 g/mol. The first-order chi connectivity index (χ1) is 9.58. The third-order valence-electron chi connectivity index (χ3n) is 3.10. The van der Waals surface area contributed by atoms with Crippen LogP contribution in [0.3, 0.4) is 0 Å². The van der Waals surface area contributed by atoms with Gasteiger partial charge >= 0.3 is 0 Å². The Balaban J connectivity index is 2.03. The summed E-state index contributed by atoms with van der Waals surface area (Å²) < 4.78 is 13.3. The maximum Gasteiger partial charge on any atom is 0.299 e. The Bertz CT molecular complexity index is 733. The number of fused-ring (bicyclic) bond motifs is 1. The number of ketones is 1. The van der Waals surface area contributed by atoms with Crippen molar-refractivity contribution in [2.24, 2.45) is 0 Å². The summed E-state index contributed by atoms with van der Waals surface area (Å²) in [6.07, 6.45) is 1.52. The van der Waals surface area contributed by atoms with E-state index in [1.807, 2.05) is 0 Å². The maximum absolute atomic E-state index is 13.3. The molecule has 0 saturated heterocycles. The monoisotopic (exact) mass is 290 g/mol. The van der Waals surface area contributed by atoms with Gasteiger partial charge in [-0.2, -0.15) is 0 Å². The fourth-order valence-electron chi connectivity index (χ4n) is 2.13. The van der Waals surface area contributed by atoms with E-state index in [-0.39, 0.29) is 22.9 Å². The highest BCUT2D eigenvalue weighted by molar-refractivity contribution is 6.52. The topological polar surface area (TPSA) is 50.3 Å². The van der Waals surface area contributed by atoms with Crippen LogP contribution < -0.4 is 4.90 Å². The van der Waals surface area contributed by atoms with Crippen LogP contribution in [0.5, 0.6) is 0 Å². The molecule has 1 amide bonds. The summed E-state index contributed by atoms with van der Waals surface area (Å²) in [5.41, 5.74) is 1.06. The first-order valence-corrected chi connectivity index (χ1v) is 6.21. The van der Waals surface area contributed by atoms with E-state index in [1.165, 1.54) is 23.2 Å². The van der Waals surface area contributed by atoms with Crippen LogP contribution in [0.15, 0.2) is 36.5 Å². The molecule has 4 nitrogen and oxygen atoms in total. The molecule has 0 bridgehead atoms. The summed E-state index contributed by atoms with van der Waals surface area (Å²) in [5.74, 6) is -1.83. The first kappa shape index (κ1) is 12.7. The van der Waals surface area contributed by atoms with E-state index in [4.69, 9.17) is 11.6 Å². The van der Waals surface area contributed by atoms with Crippen LogP contribution in [0.1, 0.15) is 15.9 Å². The zero-order valence-corrected chi connectivity index (χ0v) is 10.9. The van der Waals surface area contributed by atoms with E-state index in [0.29, 0.717) is 5.56 Å². The maximum atomic E-state index is 13.3. The molecular formula is C14H8ClFN2O2. The zero-order valence-electron chi connectivity index (χ0n) is 10.1. The smallest absolute Gasteiger partial charge is 0.299 e. The van der Waals surface area contributed by atoms with Gasteiger partial charge < -0.3 is 4.90 Å². The Hall–Kier alpha value is -2.27. The second-order valence-corrected chi connectivity index (χ2v) is 4.69. The van der Waals surface area contributed by atoms with Crippen LogP contribution in [0.4, 0.5) is 10.1 Å². The normalized spacial score (nSPS) is 13.8. The number of hydrogen-bond acceptors (Lipinski definition) is 3. The predicted octanol–water partition coefficient (Wildman–Crippen LogP) is 2.60. The summed E-state index contributed by atoms with van der Waals surface area (Å²) in [6.45, 7) is 0.0771. The fraction of sp³-hybridized carbons (Fsp3) is 0.0714. The molecule has 2 aromatic rings. The molecule has 2 heterocycles. The van der Waals surface area contributed by atoms with Crippen LogP contribution in [-0.4, -0.2) is 16.7 Å². The minimum absolute atomic E-state index is 0.0771. The number of benzene rings is 1. The van der Waals surface area contributed by atoms with Gasteiger partial charge in [0, 0.05) is 11.8 Å². The molecule has 6 heteroatoms. The number of pyridine rings is 1. The number of rotatable bonds is 2. The van der Waals surface area contributed by atoms with E-state index in [0.717, 1.165) is 6.07 Å². The van der Waals surface area contributed by atoms with Crippen molar-refractivity contribution in [2.75, 3.05) is 4.90 Å². The van der Waals surface area contributed by atoms with Gasteiger partial charge in [0.15, 0.2) is 0 Å². The van der Waals surface area contributed by atoms with Crippen LogP contribution in [0.2, 0.25) is 5.15 Å². The van der Waals surface area contributed by atoms with Gasteiger partial charge in [0.2, 0.25) is 0 Å². The molecule has 0 fully saturated rings. The SMILES string of the molecule is O=C1C(=O)N(Cc2cccnc2Cl)c2cc(F)ccc21. The molecule has 1 aromatic heterocycles. The van der Waals surface area contributed by atoms with Gasteiger partial charge in [-0.25, -0.2) is 9.37 Å². The van der Waals surface area contributed by atoms with E-state index in [9.17, 15) is 14.0 Å². The number of carbonyl (C=O) groups excluding carboxylic acids is 2. The second kappa shape index (κ2) is 4.68. The number of halogens is 2. The molecule has 20 heavy (non-hydrogen) atoms. The lowest BCUT2D eigenvalue weighted by atomic mass is 10.1. The van der Waals surface area contributed by atoms with Crippen molar-refractivity contribution in [1.82, 2.24) is 4.98 Å². The fourth-order valence-corrected chi connectivity index (χ4v) is 2.31. The Morgan fingerprint density at radius 2 is 2.05 bits per heavy atom. The Morgan fingerprint density at radius 3 is 2.80 bits per heavy atom. The zero-order chi connectivity index (χ0) is 14.3. The largest absolute Gasteiger partial charge is 0.300 e. The van der Waals surface area contributed by atoms with Crippen molar-refractivity contribution in [2.45, 2.75) is 6.54 Å². The molecule has 100 valence electrons. The third-order valence-corrected chi connectivity index (χ3v) is 3.44. The van der Waals surface area contributed by atoms with Gasteiger partial charge in [0.05, 0.1) is 17.8 Å². The predicted molar refractivity (Wildman–Crippen MR) is 71.2 cm³/mol. The molecule has 1 aliphatic heterocycles. The number of amides is 1. The minimum atomic E-state index is -0.689. The van der Waals surface area contributed by atoms with Gasteiger partial charge in [0.1, 0.15) is 11.0 Å². The summed E-state index contributed by atoms with van der Waals surface area (Å²) in [4.78, 5) is 28.9. The van der Waals surface area contributed by atoms with Crippen LogP contribution >= 0.6 is 11.6 Å². The van der Waals surface area contributed by atoms with E-state index >= 15 is 0 Å². The molecule has 3 rings (SSSR count). The molecule has 1 aromatic carbocycles. The molecule has 0 saturated carbocycles. The van der Waals surface area contributed by atoms with Crippen molar-refractivity contribution in [3.05, 3.63) is 58.6 Å². The number of anilines is 1. The van der Waals surface area contributed by atoms with Gasteiger partial charge in [-0.1, -0.05) is 17.7 Å². The summed E-state index contributed by atoms with van der Waals surface area (Å²) in [5, 5.41) is 0.248. The Morgan fingerprint density at radius 1 is 1.25 bits per heavy atom. The molecule has 1 aliphatic rings. The molecule has 0 spiro atoms. The Kier molecular flexibility index (Phi) is 2.99. The lowest BCUT2D eigenvalue weighted by Crippen LogP contribution is -2.29. The highest BCUT2D eigenvalue weighted by Gasteiger charge is 2.36. The van der Waals surface area contributed by atoms with Gasteiger partial charge in [-0.15, -0.1) is 0 Å². The standard InChI is InChI=1S/C14H8ClFN2O2/c15-13-8(2-1-5-17-13)7-18-11-6-9(16)3-4-10(11)12(19)14(18)20/h1-6H,7H2. The minimum Gasteiger partial charge on any atom is -0.300 e. The first-order valence-electron chi connectivity index (χ1n) is 5.83. The van der Waals surface area contributed by atoms with Crippen molar-refractivity contribution in [1.29, 1.82) is 0 Å². The molecule has 0 radical (unpaired) electrons. The number of hydrogen-bond donors (Lipinski definition) is 0. The Labute approximate surface area is 118 Å². The second-order valence-electron chi connectivity index (χ2n) is 4.34. The van der Waals surface area contributed by atoms with Crippen molar-refractivity contribution in [3.8, 4) is 0 Å². The van der Waals surface area contributed by atoms with Gasteiger partial charge in [-0.3, -0.25) is 9.59 Å². The summed E-state index contributed by atoms with van der Waals surface area (Å²) in [6, 6.07) is 7.02. The van der Waals surface area contributed by atoms with E-state index in [2.05, 4.69) is 4.98 Å². The van der Waals surface area contributed by atoms with Gasteiger partial charge in [-0.05, 0) is 24.3 Å².